The van der Waals surface area contributed by atoms with Crippen LogP contribution in [0.5, 0.6) is 0 Å². The van der Waals surface area contributed by atoms with Crippen LogP contribution in [0.15, 0.2) is 9.95 Å². The molecule has 1 heterocycles. The summed E-state index contributed by atoms with van der Waals surface area (Å²) in [4.78, 5) is 11.3. The molecule has 1 unspecified atom stereocenters. The van der Waals surface area contributed by atoms with Gasteiger partial charge in [-0.2, -0.15) is 0 Å². The van der Waals surface area contributed by atoms with Crippen LogP contribution < -0.4 is 11.4 Å². The SMILES string of the molecule is CCC(CC(=N)N)Sc1n[nH]c(=O)n1CC. The van der Waals surface area contributed by atoms with Crippen molar-refractivity contribution in [1.82, 2.24) is 14.8 Å². The van der Waals surface area contributed by atoms with Gasteiger partial charge >= 0.3 is 5.69 Å². The highest BCUT2D eigenvalue weighted by molar-refractivity contribution is 7.99. The Bertz CT molecular complexity index is 410. The standard InChI is InChI=1S/C9H17N5OS/c1-3-6(5-7(10)11)16-9-13-12-8(15)14(9)4-2/h6H,3-5H2,1-2H3,(H3,10,11)(H,12,15). The zero-order valence-corrected chi connectivity index (χ0v) is 10.3. The number of hydrogen-bond donors (Lipinski definition) is 3. The highest BCUT2D eigenvalue weighted by Gasteiger charge is 2.15. The second-order valence-corrected chi connectivity index (χ2v) is 4.70. The third-order valence-electron chi connectivity index (χ3n) is 2.21. The van der Waals surface area contributed by atoms with Crippen molar-refractivity contribution in [2.24, 2.45) is 5.73 Å². The number of aromatic nitrogens is 3. The van der Waals surface area contributed by atoms with Gasteiger partial charge in [0.05, 0.1) is 5.84 Å². The molecule has 0 amide bonds. The average Bonchev–Trinajstić information content (AvgIpc) is 2.57. The van der Waals surface area contributed by atoms with E-state index < -0.39 is 0 Å². The Balaban J connectivity index is 2.77. The summed E-state index contributed by atoms with van der Waals surface area (Å²) in [5.74, 6) is 0.167. The van der Waals surface area contributed by atoms with Gasteiger partial charge in [0, 0.05) is 18.2 Å². The Labute approximate surface area is 98.1 Å². The van der Waals surface area contributed by atoms with Gasteiger partial charge in [0.2, 0.25) is 0 Å². The molecule has 90 valence electrons. The molecule has 0 saturated carbocycles. The lowest BCUT2D eigenvalue weighted by atomic mass is 10.2. The highest BCUT2D eigenvalue weighted by atomic mass is 32.2. The van der Waals surface area contributed by atoms with Crippen LogP contribution in [0.2, 0.25) is 0 Å². The summed E-state index contributed by atoms with van der Waals surface area (Å²) in [6, 6.07) is 0. The maximum Gasteiger partial charge on any atom is 0.343 e. The van der Waals surface area contributed by atoms with Crippen LogP contribution in [-0.2, 0) is 6.54 Å². The van der Waals surface area contributed by atoms with Gasteiger partial charge in [-0.15, -0.1) is 5.10 Å². The minimum absolute atomic E-state index is 0.167. The predicted molar refractivity (Wildman–Crippen MR) is 65.0 cm³/mol. The van der Waals surface area contributed by atoms with Crippen molar-refractivity contribution >= 4 is 17.6 Å². The van der Waals surface area contributed by atoms with Crippen LogP contribution in [0, 0.1) is 5.41 Å². The first-order valence-corrected chi connectivity index (χ1v) is 6.11. The molecule has 0 saturated heterocycles. The fourth-order valence-corrected chi connectivity index (χ4v) is 2.50. The fourth-order valence-electron chi connectivity index (χ4n) is 1.34. The van der Waals surface area contributed by atoms with Gasteiger partial charge in [0.15, 0.2) is 5.16 Å². The van der Waals surface area contributed by atoms with Gasteiger partial charge in [0.25, 0.3) is 0 Å². The first-order chi connectivity index (χ1) is 7.58. The first kappa shape index (κ1) is 12.8. The topological polar surface area (TPSA) is 101 Å². The molecule has 7 heteroatoms. The van der Waals surface area contributed by atoms with Crippen LogP contribution in [0.1, 0.15) is 26.7 Å². The van der Waals surface area contributed by atoms with Crippen LogP contribution in [-0.4, -0.2) is 25.9 Å². The van der Waals surface area contributed by atoms with Gasteiger partial charge in [0.1, 0.15) is 0 Å². The van der Waals surface area contributed by atoms with Crippen molar-refractivity contribution < 1.29 is 0 Å². The lowest BCUT2D eigenvalue weighted by molar-refractivity contribution is 0.657. The summed E-state index contributed by atoms with van der Waals surface area (Å²) in [5.41, 5.74) is 5.18. The summed E-state index contributed by atoms with van der Waals surface area (Å²) in [6.45, 7) is 4.52. The van der Waals surface area contributed by atoms with E-state index in [0.29, 0.717) is 18.1 Å². The fraction of sp³-hybridized carbons (Fsp3) is 0.667. The third kappa shape index (κ3) is 3.13. The van der Waals surface area contributed by atoms with E-state index in [1.54, 1.807) is 4.57 Å². The van der Waals surface area contributed by atoms with E-state index in [1.807, 2.05) is 13.8 Å². The molecule has 0 aromatic carbocycles. The van der Waals surface area contributed by atoms with E-state index in [4.69, 9.17) is 11.1 Å². The Morgan fingerprint density at radius 2 is 2.38 bits per heavy atom. The molecule has 1 aromatic heterocycles. The average molecular weight is 243 g/mol. The molecular weight excluding hydrogens is 226 g/mol. The Morgan fingerprint density at radius 3 is 2.88 bits per heavy atom. The van der Waals surface area contributed by atoms with E-state index >= 15 is 0 Å². The molecule has 4 N–H and O–H groups in total. The summed E-state index contributed by atoms with van der Waals surface area (Å²) in [6.07, 6.45) is 1.40. The molecule has 1 rings (SSSR count). The molecule has 1 aromatic rings. The van der Waals surface area contributed by atoms with Crippen LogP contribution >= 0.6 is 11.8 Å². The number of hydrogen-bond acceptors (Lipinski definition) is 4. The molecule has 6 nitrogen and oxygen atoms in total. The minimum atomic E-state index is -0.192. The first-order valence-electron chi connectivity index (χ1n) is 5.23. The lowest BCUT2D eigenvalue weighted by Gasteiger charge is -2.12. The van der Waals surface area contributed by atoms with E-state index in [0.717, 1.165) is 6.42 Å². The molecule has 0 aliphatic heterocycles. The molecule has 0 fully saturated rings. The summed E-state index contributed by atoms with van der Waals surface area (Å²) in [5, 5.41) is 14.5. The molecule has 0 radical (unpaired) electrons. The number of amidine groups is 1. The molecule has 16 heavy (non-hydrogen) atoms. The summed E-state index contributed by atoms with van der Waals surface area (Å²) >= 11 is 1.49. The Hall–Kier alpha value is -1.24. The number of nitrogens with one attached hydrogen (secondary N) is 2. The number of thioether (sulfide) groups is 1. The zero-order valence-electron chi connectivity index (χ0n) is 9.49. The Morgan fingerprint density at radius 1 is 1.69 bits per heavy atom. The van der Waals surface area contributed by atoms with Gasteiger partial charge in [-0.1, -0.05) is 18.7 Å². The summed E-state index contributed by atoms with van der Waals surface area (Å²) in [7, 11) is 0. The van der Waals surface area contributed by atoms with Crippen molar-refractivity contribution in [3.8, 4) is 0 Å². The van der Waals surface area contributed by atoms with Gasteiger partial charge in [-0.25, -0.2) is 9.89 Å². The van der Waals surface area contributed by atoms with Crippen molar-refractivity contribution in [2.75, 3.05) is 0 Å². The van der Waals surface area contributed by atoms with Crippen LogP contribution in [0.4, 0.5) is 0 Å². The van der Waals surface area contributed by atoms with E-state index in [1.165, 1.54) is 11.8 Å². The van der Waals surface area contributed by atoms with Crippen LogP contribution in [0.25, 0.3) is 0 Å². The van der Waals surface area contributed by atoms with Gasteiger partial charge in [-0.3, -0.25) is 9.98 Å². The lowest BCUT2D eigenvalue weighted by Crippen LogP contribution is -2.19. The van der Waals surface area contributed by atoms with Crippen LogP contribution in [0.3, 0.4) is 0 Å². The molecule has 0 aliphatic rings. The Kier molecular flexibility index (Phi) is 4.60. The largest absolute Gasteiger partial charge is 0.388 e. The number of H-pyrrole nitrogens is 1. The highest BCUT2D eigenvalue weighted by Crippen LogP contribution is 2.24. The van der Waals surface area contributed by atoms with Crippen molar-refractivity contribution in [2.45, 2.75) is 43.6 Å². The maximum absolute atomic E-state index is 11.3. The van der Waals surface area contributed by atoms with E-state index in [2.05, 4.69) is 10.2 Å². The van der Waals surface area contributed by atoms with Gasteiger partial charge < -0.3 is 5.73 Å². The molecule has 0 aliphatic carbocycles. The predicted octanol–water partition coefficient (Wildman–Crippen LogP) is 0.788. The smallest absolute Gasteiger partial charge is 0.343 e. The maximum atomic E-state index is 11.3. The summed E-state index contributed by atoms with van der Waals surface area (Å²) < 4.78 is 1.58. The molecule has 0 spiro atoms. The zero-order chi connectivity index (χ0) is 12.1. The number of aromatic amines is 1. The number of nitrogens with two attached hydrogens (primary N) is 1. The molecule has 0 bridgehead atoms. The normalized spacial score (nSPS) is 12.6. The van der Waals surface area contributed by atoms with Crippen molar-refractivity contribution in [3.05, 3.63) is 10.5 Å². The minimum Gasteiger partial charge on any atom is -0.388 e. The monoisotopic (exact) mass is 243 g/mol. The second kappa shape index (κ2) is 5.74. The van der Waals surface area contributed by atoms with Crippen molar-refractivity contribution in [3.63, 3.8) is 0 Å². The molecular formula is C9H17N5OS. The quantitative estimate of drug-likeness (QED) is 0.390. The van der Waals surface area contributed by atoms with Gasteiger partial charge in [-0.05, 0) is 13.3 Å². The second-order valence-electron chi connectivity index (χ2n) is 3.43. The van der Waals surface area contributed by atoms with E-state index in [9.17, 15) is 4.79 Å². The third-order valence-corrected chi connectivity index (χ3v) is 3.57. The van der Waals surface area contributed by atoms with E-state index in [-0.39, 0.29) is 16.8 Å². The van der Waals surface area contributed by atoms with Crippen molar-refractivity contribution in [1.29, 1.82) is 5.41 Å². The molecule has 1 atom stereocenters. The number of nitrogens with zero attached hydrogens (tertiary/aromatic N) is 2. The number of rotatable bonds is 6.